The van der Waals surface area contributed by atoms with Crippen LogP contribution in [-0.2, 0) is 19.2 Å². The Bertz CT molecular complexity index is 368. The number of thioether (sulfide) groups is 1. The zero-order chi connectivity index (χ0) is 13.0. The Balaban J connectivity index is 2.56. The normalized spacial score (nSPS) is 19.5. The SMILES string of the molecule is CC(=O)SCCC(=O)N1C(=O)CC[C@H]1C(=O)O. The van der Waals surface area contributed by atoms with E-state index in [4.69, 9.17) is 5.11 Å². The number of hydrogen-bond donors (Lipinski definition) is 1. The lowest BCUT2D eigenvalue weighted by atomic mass is 10.2. The molecule has 0 aromatic rings. The van der Waals surface area contributed by atoms with E-state index >= 15 is 0 Å². The van der Waals surface area contributed by atoms with Crippen LogP contribution in [0.4, 0.5) is 0 Å². The van der Waals surface area contributed by atoms with Crippen LogP contribution >= 0.6 is 11.8 Å². The van der Waals surface area contributed by atoms with Gasteiger partial charge in [-0.15, -0.1) is 0 Å². The minimum Gasteiger partial charge on any atom is -0.480 e. The lowest BCUT2D eigenvalue weighted by molar-refractivity contribution is -0.153. The molecular formula is C10H13NO5S. The third-order valence-electron chi connectivity index (χ3n) is 2.39. The molecule has 0 unspecified atom stereocenters. The summed E-state index contributed by atoms with van der Waals surface area (Å²) >= 11 is 0.984. The summed E-state index contributed by atoms with van der Waals surface area (Å²) in [4.78, 5) is 45.4. The second-order valence-electron chi connectivity index (χ2n) is 3.64. The van der Waals surface area contributed by atoms with Gasteiger partial charge in [0.25, 0.3) is 0 Å². The van der Waals surface area contributed by atoms with Crippen molar-refractivity contribution in [2.75, 3.05) is 5.75 Å². The number of likely N-dealkylation sites (tertiary alicyclic amines) is 1. The second-order valence-corrected chi connectivity index (χ2v) is 4.91. The van der Waals surface area contributed by atoms with Gasteiger partial charge in [0.05, 0.1) is 0 Å². The van der Waals surface area contributed by atoms with Gasteiger partial charge in [-0.2, -0.15) is 0 Å². The van der Waals surface area contributed by atoms with Gasteiger partial charge in [0.2, 0.25) is 11.8 Å². The van der Waals surface area contributed by atoms with Crippen molar-refractivity contribution in [1.29, 1.82) is 0 Å². The molecule has 1 rings (SSSR count). The Morgan fingerprint density at radius 2 is 2.12 bits per heavy atom. The third kappa shape index (κ3) is 3.55. The van der Waals surface area contributed by atoms with Crippen LogP contribution in [0, 0.1) is 0 Å². The topological polar surface area (TPSA) is 91.8 Å². The maximum atomic E-state index is 11.7. The lowest BCUT2D eigenvalue weighted by Crippen LogP contribution is -2.43. The molecule has 0 aliphatic carbocycles. The summed E-state index contributed by atoms with van der Waals surface area (Å²) in [6.07, 6.45) is 0.252. The van der Waals surface area contributed by atoms with Crippen LogP contribution in [-0.4, -0.2) is 44.7 Å². The highest BCUT2D eigenvalue weighted by atomic mass is 32.2. The first-order valence-electron chi connectivity index (χ1n) is 5.14. The first-order chi connectivity index (χ1) is 7.93. The summed E-state index contributed by atoms with van der Waals surface area (Å²) in [6.45, 7) is 1.39. The van der Waals surface area contributed by atoms with Crippen molar-refractivity contribution in [3.05, 3.63) is 0 Å². The fraction of sp³-hybridized carbons (Fsp3) is 0.600. The van der Waals surface area contributed by atoms with Crippen LogP contribution in [0.15, 0.2) is 0 Å². The van der Waals surface area contributed by atoms with Gasteiger partial charge >= 0.3 is 5.97 Å². The number of carboxylic acid groups (broad SMARTS) is 1. The molecular weight excluding hydrogens is 246 g/mol. The Kier molecular flexibility index (Phi) is 4.68. The van der Waals surface area contributed by atoms with E-state index in [1.54, 1.807) is 0 Å². The van der Waals surface area contributed by atoms with Crippen LogP contribution in [0.25, 0.3) is 0 Å². The molecule has 1 heterocycles. The molecule has 0 aromatic carbocycles. The number of aliphatic carboxylic acids is 1. The maximum Gasteiger partial charge on any atom is 0.326 e. The molecule has 1 N–H and O–H groups in total. The molecule has 7 heteroatoms. The summed E-state index contributed by atoms with van der Waals surface area (Å²) < 4.78 is 0. The van der Waals surface area contributed by atoms with Crippen molar-refractivity contribution in [3.8, 4) is 0 Å². The summed E-state index contributed by atoms with van der Waals surface area (Å²) in [6, 6.07) is -1.04. The molecule has 2 amide bonds. The Labute approximate surface area is 102 Å². The van der Waals surface area contributed by atoms with Gasteiger partial charge in [-0.3, -0.25) is 19.3 Å². The number of nitrogens with zero attached hydrogens (tertiary/aromatic N) is 1. The molecule has 1 fully saturated rings. The molecule has 0 bridgehead atoms. The Morgan fingerprint density at radius 1 is 1.47 bits per heavy atom. The molecule has 17 heavy (non-hydrogen) atoms. The molecule has 1 saturated heterocycles. The smallest absolute Gasteiger partial charge is 0.326 e. The van der Waals surface area contributed by atoms with Crippen molar-refractivity contribution in [2.45, 2.75) is 32.2 Å². The largest absolute Gasteiger partial charge is 0.480 e. The summed E-state index contributed by atoms with van der Waals surface area (Å²) in [5.74, 6) is -1.86. The number of imide groups is 1. The number of rotatable bonds is 4. The molecule has 1 atom stereocenters. The highest BCUT2D eigenvalue weighted by Crippen LogP contribution is 2.20. The van der Waals surface area contributed by atoms with Crippen LogP contribution in [0.3, 0.4) is 0 Å². The van der Waals surface area contributed by atoms with E-state index in [2.05, 4.69) is 0 Å². The van der Waals surface area contributed by atoms with Crippen molar-refractivity contribution < 1.29 is 24.3 Å². The Morgan fingerprint density at radius 3 is 2.65 bits per heavy atom. The number of amides is 2. The highest BCUT2D eigenvalue weighted by molar-refractivity contribution is 8.13. The average Bonchev–Trinajstić information content (AvgIpc) is 2.59. The van der Waals surface area contributed by atoms with E-state index in [9.17, 15) is 19.2 Å². The van der Waals surface area contributed by atoms with E-state index in [1.807, 2.05) is 0 Å². The van der Waals surface area contributed by atoms with Crippen molar-refractivity contribution in [1.82, 2.24) is 4.90 Å². The Hall–Kier alpha value is -1.37. The minimum atomic E-state index is -1.16. The lowest BCUT2D eigenvalue weighted by Gasteiger charge is -2.19. The third-order valence-corrected chi connectivity index (χ3v) is 3.20. The molecule has 1 aliphatic heterocycles. The van der Waals surface area contributed by atoms with Gasteiger partial charge in [0, 0.05) is 25.5 Å². The summed E-state index contributed by atoms with van der Waals surface area (Å²) in [7, 11) is 0. The van der Waals surface area contributed by atoms with Crippen molar-refractivity contribution in [3.63, 3.8) is 0 Å². The van der Waals surface area contributed by atoms with Gasteiger partial charge < -0.3 is 5.11 Å². The van der Waals surface area contributed by atoms with E-state index in [0.29, 0.717) is 0 Å². The second kappa shape index (κ2) is 5.81. The number of hydrogen-bond acceptors (Lipinski definition) is 5. The molecule has 0 radical (unpaired) electrons. The minimum absolute atomic E-state index is 0.000231. The molecule has 0 spiro atoms. The zero-order valence-electron chi connectivity index (χ0n) is 9.34. The summed E-state index contributed by atoms with van der Waals surface area (Å²) in [5.41, 5.74) is 0. The zero-order valence-corrected chi connectivity index (χ0v) is 10.2. The standard InChI is InChI=1S/C10H13NO5S/c1-6(12)17-5-4-9(14)11-7(10(15)16)2-3-8(11)13/h7H,2-5H2,1H3,(H,15,16)/t7-/m0/s1. The van der Waals surface area contributed by atoms with Gasteiger partial charge in [-0.1, -0.05) is 11.8 Å². The monoisotopic (exact) mass is 259 g/mol. The molecule has 0 aromatic heterocycles. The first-order valence-corrected chi connectivity index (χ1v) is 6.13. The molecule has 6 nitrogen and oxygen atoms in total. The average molecular weight is 259 g/mol. The van der Waals surface area contributed by atoms with Gasteiger partial charge in [0.1, 0.15) is 6.04 Å². The van der Waals surface area contributed by atoms with E-state index in [0.717, 1.165) is 16.7 Å². The quantitative estimate of drug-likeness (QED) is 0.778. The fourth-order valence-corrected chi connectivity index (χ4v) is 2.20. The van der Waals surface area contributed by atoms with Crippen LogP contribution in [0.5, 0.6) is 0 Å². The van der Waals surface area contributed by atoms with E-state index < -0.39 is 23.8 Å². The van der Waals surface area contributed by atoms with Crippen LogP contribution < -0.4 is 0 Å². The predicted molar refractivity (Wildman–Crippen MR) is 60.3 cm³/mol. The number of carbonyl (C=O) groups is 4. The molecule has 1 aliphatic rings. The predicted octanol–water partition coefficient (Wildman–Crippen LogP) is 0.258. The van der Waals surface area contributed by atoms with Crippen LogP contribution in [0.1, 0.15) is 26.2 Å². The molecule has 0 saturated carbocycles. The fourth-order valence-electron chi connectivity index (χ4n) is 1.63. The van der Waals surface area contributed by atoms with Crippen molar-refractivity contribution in [2.24, 2.45) is 0 Å². The van der Waals surface area contributed by atoms with Gasteiger partial charge in [0.15, 0.2) is 5.12 Å². The number of carbonyl (C=O) groups excluding carboxylic acids is 3. The molecule has 94 valence electrons. The highest BCUT2D eigenvalue weighted by Gasteiger charge is 2.39. The van der Waals surface area contributed by atoms with Gasteiger partial charge in [-0.05, 0) is 6.42 Å². The maximum absolute atomic E-state index is 11.7. The number of carboxylic acids is 1. The van der Waals surface area contributed by atoms with Crippen LogP contribution in [0.2, 0.25) is 0 Å². The summed E-state index contributed by atoms with van der Waals surface area (Å²) in [5, 5.41) is 8.75. The van der Waals surface area contributed by atoms with E-state index in [-0.39, 0.29) is 30.1 Å². The van der Waals surface area contributed by atoms with E-state index in [1.165, 1.54) is 6.92 Å². The van der Waals surface area contributed by atoms with Gasteiger partial charge in [-0.25, -0.2) is 4.79 Å². The van der Waals surface area contributed by atoms with Crippen molar-refractivity contribution >= 4 is 34.7 Å². The first kappa shape index (κ1) is 13.7.